The molecule has 54 heavy (non-hydrogen) atoms. The van der Waals surface area contributed by atoms with Crippen LogP contribution in [0.2, 0.25) is 0 Å². The van der Waals surface area contributed by atoms with Crippen LogP contribution in [-0.2, 0) is 30.5 Å². The second kappa shape index (κ2) is 21.5. The summed E-state index contributed by atoms with van der Waals surface area (Å²) in [5.74, 6) is -4.48. The normalized spacial score (nSPS) is 12.6. The van der Waals surface area contributed by atoms with Crippen molar-refractivity contribution < 1.29 is 51.0 Å². The lowest BCUT2D eigenvalue weighted by atomic mass is 9.82. The molecule has 0 spiro atoms. The molecule has 3 aromatic rings. The minimum absolute atomic E-state index is 0.121. The molecule has 0 unspecified atom stereocenters. The van der Waals surface area contributed by atoms with Gasteiger partial charge in [-0.2, -0.15) is 13.2 Å². The topological polar surface area (TPSA) is 156 Å². The number of aliphatic carboxylic acids is 1. The fourth-order valence-electron chi connectivity index (χ4n) is 5.41. The third-order valence-corrected chi connectivity index (χ3v) is 8.41. The highest BCUT2D eigenvalue weighted by Gasteiger charge is 2.38. The maximum Gasteiger partial charge on any atom is 0.490 e. The molecule has 11 nitrogen and oxygen atoms in total. The van der Waals surface area contributed by atoms with Gasteiger partial charge in [0.05, 0.1) is 30.6 Å². The Hall–Kier alpha value is -4.35. The van der Waals surface area contributed by atoms with E-state index >= 15 is 0 Å². The van der Waals surface area contributed by atoms with Gasteiger partial charge in [-0.3, -0.25) is 14.4 Å². The molecule has 1 aromatic heterocycles. The number of benzene rings is 2. The smallest absolute Gasteiger partial charge is 0.475 e. The van der Waals surface area contributed by atoms with Crippen molar-refractivity contribution in [3.63, 3.8) is 0 Å². The van der Waals surface area contributed by atoms with Gasteiger partial charge in [0.25, 0.3) is 0 Å². The molecule has 0 bridgehead atoms. The summed E-state index contributed by atoms with van der Waals surface area (Å²) in [4.78, 5) is 48.3. The Morgan fingerprint density at radius 2 is 1.59 bits per heavy atom. The van der Waals surface area contributed by atoms with Gasteiger partial charge in [0.2, 0.25) is 17.7 Å². The molecule has 0 saturated heterocycles. The lowest BCUT2D eigenvalue weighted by Gasteiger charge is -2.41. The second-order valence-corrected chi connectivity index (χ2v) is 13.7. The molecule has 0 fully saturated rings. The van der Waals surface area contributed by atoms with Crippen molar-refractivity contribution in [1.82, 2.24) is 20.1 Å². The van der Waals surface area contributed by atoms with Crippen LogP contribution < -0.4 is 16.4 Å². The molecular weight excluding hydrogens is 785 g/mol. The molecule has 0 aliphatic heterocycles. The van der Waals surface area contributed by atoms with Crippen LogP contribution in [0.3, 0.4) is 0 Å². The van der Waals surface area contributed by atoms with Gasteiger partial charge in [0, 0.05) is 55.6 Å². The van der Waals surface area contributed by atoms with Crippen molar-refractivity contribution in [3.05, 3.63) is 83.7 Å². The largest absolute Gasteiger partial charge is 0.490 e. The molecule has 0 radical (unpaired) electrons. The number of rotatable bonds is 17. The molecule has 3 rings (SSSR count). The van der Waals surface area contributed by atoms with Gasteiger partial charge < -0.3 is 35.7 Å². The number of nitrogens with one attached hydrogen (secondary N) is 2. The highest BCUT2D eigenvalue weighted by atomic mass is 79.9. The Kier molecular flexibility index (Phi) is 18.3. The van der Waals surface area contributed by atoms with Gasteiger partial charge in [-0.25, -0.2) is 13.6 Å². The predicted molar refractivity (Wildman–Crippen MR) is 196 cm³/mol. The van der Waals surface area contributed by atoms with Gasteiger partial charge in [-0.05, 0) is 41.7 Å². The Morgan fingerprint density at radius 1 is 0.981 bits per heavy atom. The number of amides is 3. The van der Waals surface area contributed by atoms with E-state index in [1.807, 2.05) is 61.7 Å². The first kappa shape index (κ1) is 45.8. The molecule has 2 aromatic carbocycles. The van der Waals surface area contributed by atoms with Crippen molar-refractivity contribution in [2.24, 2.45) is 11.1 Å². The fourth-order valence-corrected chi connectivity index (χ4v) is 5.61. The third kappa shape index (κ3) is 14.8. The van der Waals surface area contributed by atoms with Crippen LogP contribution in [-0.4, -0.2) is 88.7 Å². The molecule has 0 aliphatic carbocycles. The molecule has 298 valence electrons. The van der Waals surface area contributed by atoms with E-state index in [1.165, 1.54) is 6.07 Å². The number of halogens is 6. The first-order chi connectivity index (χ1) is 25.3. The van der Waals surface area contributed by atoms with Gasteiger partial charge in [-0.15, -0.1) is 0 Å². The van der Waals surface area contributed by atoms with Crippen molar-refractivity contribution in [3.8, 4) is 11.1 Å². The zero-order valence-electron chi connectivity index (χ0n) is 30.5. The van der Waals surface area contributed by atoms with E-state index in [-0.39, 0.29) is 61.2 Å². The molecule has 0 saturated carbocycles. The monoisotopic (exact) mass is 831 g/mol. The number of nitrogens with two attached hydrogens (primary N) is 1. The average Bonchev–Trinajstić information content (AvgIpc) is 3.51. The summed E-state index contributed by atoms with van der Waals surface area (Å²) in [7, 11) is 0. The van der Waals surface area contributed by atoms with E-state index in [1.54, 1.807) is 18.0 Å². The van der Waals surface area contributed by atoms with Crippen LogP contribution in [0.4, 0.5) is 22.0 Å². The molecular formula is C37H47BrF5N5O6. The number of hydrogen-bond donors (Lipinski definition) is 4. The number of carboxylic acid groups (broad SMARTS) is 1. The molecule has 0 aliphatic rings. The van der Waals surface area contributed by atoms with Crippen molar-refractivity contribution >= 4 is 39.6 Å². The lowest BCUT2D eigenvalue weighted by Crippen LogP contribution is -2.47. The maximum atomic E-state index is 15.0. The zero-order chi connectivity index (χ0) is 40.6. The Labute approximate surface area is 319 Å². The molecule has 5 N–H and O–H groups in total. The van der Waals surface area contributed by atoms with Crippen LogP contribution in [0.1, 0.15) is 57.8 Å². The Morgan fingerprint density at radius 3 is 2.15 bits per heavy atom. The summed E-state index contributed by atoms with van der Waals surface area (Å²) >= 11 is 3.07. The fraction of sp³-hybridized carbons (Fsp3) is 0.459. The number of carbonyl (C=O) groups excluding carboxylic acids is 3. The second-order valence-electron chi connectivity index (χ2n) is 13.2. The van der Waals surface area contributed by atoms with E-state index in [9.17, 15) is 36.3 Å². The summed E-state index contributed by atoms with van der Waals surface area (Å²) in [6, 6.07) is 13.6. The Bertz CT molecular complexity index is 1680. The van der Waals surface area contributed by atoms with E-state index in [4.69, 9.17) is 20.4 Å². The first-order valence-corrected chi connectivity index (χ1v) is 18.1. The summed E-state index contributed by atoms with van der Waals surface area (Å²) in [5.41, 5.74) is 8.17. The molecule has 1 heterocycles. The van der Waals surface area contributed by atoms with E-state index in [2.05, 4.69) is 26.6 Å². The van der Waals surface area contributed by atoms with E-state index in [0.717, 1.165) is 23.4 Å². The minimum atomic E-state index is -5.08. The summed E-state index contributed by atoms with van der Waals surface area (Å²) in [6.07, 6.45) is -2.86. The van der Waals surface area contributed by atoms with E-state index in [0.29, 0.717) is 25.3 Å². The number of alkyl halides is 4. The summed E-state index contributed by atoms with van der Waals surface area (Å²) in [5, 5.41) is 12.8. The quantitative estimate of drug-likeness (QED) is 0.0762. The average molecular weight is 833 g/mol. The summed E-state index contributed by atoms with van der Waals surface area (Å²) in [6.45, 7) is 9.66. The van der Waals surface area contributed by atoms with Crippen molar-refractivity contribution in [2.45, 2.75) is 65.3 Å². The molecule has 3 amide bonds. The van der Waals surface area contributed by atoms with Gasteiger partial charge in [0.15, 0.2) is 0 Å². The van der Waals surface area contributed by atoms with Crippen LogP contribution in [0, 0.1) is 17.0 Å². The highest BCUT2D eigenvalue weighted by Crippen LogP contribution is 2.41. The minimum Gasteiger partial charge on any atom is -0.475 e. The van der Waals surface area contributed by atoms with Gasteiger partial charge in [-0.1, -0.05) is 74.0 Å². The maximum absolute atomic E-state index is 15.0. The van der Waals surface area contributed by atoms with Crippen LogP contribution >= 0.6 is 15.9 Å². The number of aromatic nitrogens is 1. The number of ether oxygens (including phenoxy) is 1. The van der Waals surface area contributed by atoms with Crippen LogP contribution in [0.5, 0.6) is 0 Å². The predicted octanol–water partition coefficient (Wildman–Crippen LogP) is 5.80. The summed E-state index contributed by atoms with van der Waals surface area (Å²) < 4.78 is 68.4. The first-order valence-electron chi connectivity index (χ1n) is 17.0. The molecule has 17 heteroatoms. The third-order valence-electron chi connectivity index (χ3n) is 7.90. The van der Waals surface area contributed by atoms with Crippen LogP contribution in [0.25, 0.3) is 11.1 Å². The number of carbonyl (C=O) groups is 4. The van der Waals surface area contributed by atoms with E-state index < -0.39 is 41.3 Å². The standard InChI is InChI=1S/C35H46BrF2N5O4.C2HF3O2/c1-5-32(45)43(16-13-29(39)34(46)41-15-18-47-17-14-40-31(44)21-36)33(35(2,3)4)30-19-25(27-20-26(37)11-12-28(27)38)23-42(30)22-24-9-7-6-8-10-24;3-2(4,5)1(6)7/h6-12,19-20,23,29,33H,5,13-18,21-22,39H2,1-4H3,(H,40,44)(H,41,46);(H,6,7)/t29-,33-;/m0./s1. The van der Waals surface area contributed by atoms with Crippen molar-refractivity contribution in [2.75, 3.05) is 38.2 Å². The van der Waals surface area contributed by atoms with Crippen LogP contribution in [0.15, 0.2) is 60.8 Å². The highest BCUT2D eigenvalue weighted by molar-refractivity contribution is 9.09. The van der Waals surface area contributed by atoms with Gasteiger partial charge >= 0.3 is 12.1 Å². The lowest BCUT2D eigenvalue weighted by molar-refractivity contribution is -0.192. The number of nitrogens with zero attached hydrogens (tertiary/aromatic N) is 2. The SMILES string of the molecule is CCC(=O)N(CC[C@H](N)C(=O)NCCOCCNC(=O)CBr)[C@@H](c1cc(-c2cc(F)ccc2F)cn1Cc1ccccc1)C(C)(C)C.O=C(O)C(F)(F)F. The number of hydrogen-bond acceptors (Lipinski definition) is 6. The van der Waals surface area contributed by atoms with Crippen molar-refractivity contribution in [1.29, 1.82) is 0 Å². The number of carboxylic acids is 1. The Balaban J connectivity index is 0.00000131. The van der Waals surface area contributed by atoms with Gasteiger partial charge in [0.1, 0.15) is 11.6 Å². The molecule has 2 atom stereocenters. The zero-order valence-corrected chi connectivity index (χ0v) is 32.1.